The van der Waals surface area contributed by atoms with Crippen molar-refractivity contribution in [3.8, 4) is 0 Å². The summed E-state index contributed by atoms with van der Waals surface area (Å²) in [6.45, 7) is 4.89. The van der Waals surface area contributed by atoms with E-state index in [1.54, 1.807) is 4.31 Å². The van der Waals surface area contributed by atoms with Crippen molar-refractivity contribution in [2.24, 2.45) is 5.92 Å². The Morgan fingerprint density at radius 2 is 2.25 bits per heavy atom. The Kier molecular flexibility index (Phi) is 4.82. The molecule has 0 spiro atoms. The maximum Gasteiger partial charge on any atom is 0.211 e. The van der Waals surface area contributed by atoms with Gasteiger partial charge in [-0.05, 0) is 32.7 Å². The number of nitrogens with one attached hydrogen (secondary N) is 1. The molecule has 20 heavy (non-hydrogen) atoms. The summed E-state index contributed by atoms with van der Waals surface area (Å²) in [4.78, 5) is 4.36. The summed E-state index contributed by atoms with van der Waals surface area (Å²) in [6.07, 6.45) is 5.20. The van der Waals surface area contributed by atoms with Crippen LogP contribution in [0.4, 0.5) is 0 Å². The highest BCUT2D eigenvalue weighted by atomic mass is 32.2. The minimum Gasteiger partial charge on any atom is -0.331 e. The zero-order chi connectivity index (χ0) is 14.8. The summed E-state index contributed by atoms with van der Waals surface area (Å²) < 4.78 is 27.1. The number of piperidine rings is 1. The van der Waals surface area contributed by atoms with Crippen LogP contribution in [0.1, 0.15) is 24.4 Å². The van der Waals surface area contributed by atoms with Crippen LogP contribution in [0.2, 0.25) is 0 Å². The van der Waals surface area contributed by atoms with Crippen molar-refractivity contribution in [3.05, 3.63) is 17.7 Å². The molecule has 1 aromatic heterocycles. The Balaban J connectivity index is 2.08. The average molecular weight is 300 g/mol. The van der Waals surface area contributed by atoms with E-state index in [0.717, 1.165) is 37.4 Å². The normalized spacial score (nSPS) is 21.2. The lowest BCUT2D eigenvalue weighted by molar-refractivity contribution is 0.244. The number of rotatable bonds is 5. The molecule has 0 bridgehead atoms. The van der Waals surface area contributed by atoms with Crippen LogP contribution in [0.3, 0.4) is 0 Å². The van der Waals surface area contributed by atoms with Gasteiger partial charge >= 0.3 is 0 Å². The topological polar surface area (TPSA) is 67.2 Å². The standard InChI is InChI=1S/C13H24N4O2S/c1-11-15-8-13(7-14-2)17(11)10-12-5-4-6-16(9-12)20(3,18)19/h8,12,14H,4-7,9-10H2,1-3H3. The van der Waals surface area contributed by atoms with Gasteiger partial charge in [0.1, 0.15) is 5.82 Å². The number of aryl methyl sites for hydroxylation is 1. The van der Waals surface area contributed by atoms with Crippen LogP contribution < -0.4 is 5.32 Å². The molecule has 2 rings (SSSR count). The van der Waals surface area contributed by atoms with Crippen LogP contribution >= 0.6 is 0 Å². The fourth-order valence-corrected chi connectivity index (χ4v) is 3.76. The van der Waals surface area contributed by atoms with E-state index in [4.69, 9.17) is 0 Å². The average Bonchev–Trinajstić information content (AvgIpc) is 2.71. The zero-order valence-electron chi connectivity index (χ0n) is 12.5. The SMILES string of the molecule is CNCc1cnc(C)n1CC1CCCN(S(C)(=O)=O)C1. The number of nitrogens with zero attached hydrogens (tertiary/aromatic N) is 3. The van der Waals surface area contributed by atoms with E-state index in [9.17, 15) is 8.42 Å². The summed E-state index contributed by atoms with van der Waals surface area (Å²) in [6, 6.07) is 0. The zero-order valence-corrected chi connectivity index (χ0v) is 13.3. The second-order valence-corrected chi connectivity index (χ2v) is 7.55. The van der Waals surface area contributed by atoms with E-state index in [0.29, 0.717) is 19.0 Å². The van der Waals surface area contributed by atoms with E-state index in [1.165, 1.54) is 6.26 Å². The Morgan fingerprint density at radius 3 is 2.90 bits per heavy atom. The van der Waals surface area contributed by atoms with Gasteiger partial charge in [-0.3, -0.25) is 0 Å². The molecule has 0 aromatic carbocycles. The largest absolute Gasteiger partial charge is 0.331 e. The molecular formula is C13H24N4O2S. The molecule has 7 heteroatoms. The summed E-state index contributed by atoms with van der Waals surface area (Å²) in [5.41, 5.74) is 1.15. The van der Waals surface area contributed by atoms with Crippen molar-refractivity contribution in [2.45, 2.75) is 32.9 Å². The van der Waals surface area contributed by atoms with Crippen LogP contribution in [0.15, 0.2) is 6.20 Å². The number of hydrogen-bond donors (Lipinski definition) is 1. The first-order valence-corrected chi connectivity index (χ1v) is 8.87. The lowest BCUT2D eigenvalue weighted by Crippen LogP contribution is -2.40. The molecule has 1 saturated heterocycles. The highest BCUT2D eigenvalue weighted by molar-refractivity contribution is 7.88. The molecule has 1 unspecified atom stereocenters. The third-order valence-corrected chi connectivity index (χ3v) is 5.16. The molecule has 0 saturated carbocycles. The van der Waals surface area contributed by atoms with E-state index >= 15 is 0 Å². The minimum absolute atomic E-state index is 0.363. The van der Waals surface area contributed by atoms with Crippen molar-refractivity contribution >= 4 is 10.0 Å². The minimum atomic E-state index is -3.07. The van der Waals surface area contributed by atoms with Gasteiger partial charge in [0, 0.05) is 32.4 Å². The molecule has 0 amide bonds. The molecule has 0 aliphatic carbocycles. The predicted molar refractivity (Wildman–Crippen MR) is 78.9 cm³/mol. The van der Waals surface area contributed by atoms with Gasteiger partial charge in [0.05, 0.1) is 11.9 Å². The Hall–Kier alpha value is -0.920. The third kappa shape index (κ3) is 3.59. The van der Waals surface area contributed by atoms with Crippen LogP contribution in [-0.4, -0.2) is 48.7 Å². The second-order valence-electron chi connectivity index (χ2n) is 5.57. The summed E-state index contributed by atoms with van der Waals surface area (Å²) in [5, 5.41) is 3.14. The van der Waals surface area contributed by atoms with Crippen LogP contribution in [0.5, 0.6) is 0 Å². The molecule has 1 aliphatic rings. The molecule has 1 atom stereocenters. The maximum absolute atomic E-state index is 11.7. The van der Waals surface area contributed by atoms with E-state index in [-0.39, 0.29) is 0 Å². The van der Waals surface area contributed by atoms with Crippen LogP contribution in [0, 0.1) is 12.8 Å². The monoisotopic (exact) mass is 300 g/mol. The van der Waals surface area contributed by atoms with Gasteiger partial charge in [-0.2, -0.15) is 0 Å². The molecule has 1 fully saturated rings. The molecular weight excluding hydrogens is 276 g/mol. The smallest absolute Gasteiger partial charge is 0.211 e. The van der Waals surface area contributed by atoms with Gasteiger partial charge in [-0.15, -0.1) is 0 Å². The van der Waals surface area contributed by atoms with Gasteiger partial charge in [0.15, 0.2) is 0 Å². The summed E-state index contributed by atoms with van der Waals surface area (Å²) in [7, 11) is -1.16. The van der Waals surface area contributed by atoms with Gasteiger partial charge < -0.3 is 9.88 Å². The molecule has 1 aliphatic heterocycles. The van der Waals surface area contributed by atoms with Crippen molar-refractivity contribution in [3.63, 3.8) is 0 Å². The fraction of sp³-hybridized carbons (Fsp3) is 0.769. The first-order chi connectivity index (χ1) is 9.41. The number of hydrogen-bond acceptors (Lipinski definition) is 4. The molecule has 0 radical (unpaired) electrons. The number of sulfonamides is 1. The predicted octanol–water partition coefficient (Wildman–Crippen LogP) is 0.583. The van der Waals surface area contributed by atoms with Crippen molar-refractivity contribution < 1.29 is 8.42 Å². The first kappa shape index (κ1) is 15.5. The van der Waals surface area contributed by atoms with Crippen LogP contribution in [-0.2, 0) is 23.1 Å². The van der Waals surface area contributed by atoms with Crippen molar-refractivity contribution in [1.82, 2.24) is 19.2 Å². The Morgan fingerprint density at radius 1 is 1.50 bits per heavy atom. The molecule has 6 nitrogen and oxygen atoms in total. The second kappa shape index (κ2) is 6.24. The van der Waals surface area contributed by atoms with E-state index in [2.05, 4.69) is 14.9 Å². The molecule has 114 valence electrons. The fourth-order valence-electron chi connectivity index (χ4n) is 2.82. The molecule has 1 aromatic rings. The summed E-state index contributed by atoms with van der Waals surface area (Å²) >= 11 is 0. The van der Waals surface area contributed by atoms with Gasteiger partial charge in [-0.25, -0.2) is 17.7 Å². The third-order valence-electron chi connectivity index (χ3n) is 3.89. The summed E-state index contributed by atoms with van der Waals surface area (Å²) in [5.74, 6) is 1.36. The molecule has 2 heterocycles. The lowest BCUT2D eigenvalue weighted by atomic mass is 9.99. The first-order valence-electron chi connectivity index (χ1n) is 7.02. The Bertz CT molecular complexity index is 553. The highest BCUT2D eigenvalue weighted by Crippen LogP contribution is 2.21. The van der Waals surface area contributed by atoms with Crippen molar-refractivity contribution in [2.75, 3.05) is 26.4 Å². The molecule has 1 N–H and O–H groups in total. The quantitative estimate of drug-likeness (QED) is 0.864. The van der Waals surface area contributed by atoms with Crippen molar-refractivity contribution in [1.29, 1.82) is 0 Å². The lowest BCUT2D eigenvalue weighted by Gasteiger charge is -2.31. The maximum atomic E-state index is 11.7. The van der Waals surface area contributed by atoms with E-state index in [1.807, 2.05) is 20.2 Å². The van der Waals surface area contributed by atoms with Gasteiger partial charge in [0.25, 0.3) is 0 Å². The number of imidazole rings is 1. The van der Waals surface area contributed by atoms with E-state index < -0.39 is 10.0 Å². The Labute approximate surface area is 121 Å². The highest BCUT2D eigenvalue weighted by Gasteiger charge is 2.26. The number of aromatic nitrogens is 2. The van der Waals surface area contributed by atoms with Crippen LogP contribution in [0.25, 0.3) is 0 Å². The van der Waals surface area contributed by atoms with Gasteiger partial charge in [-0.1, -0.05) is 0 Å². The van der Waals surface area contributed by atoms with Gasteiger partial charge in [0.2, 0.25) is 10.0 Å².